The fraction of sp³-hybridized carbons (Fsp3) is 0.0833. The van der Waals surface area contributed by atoms with E-state index < -0.39 is 0 Å². The fourth-order valence-electron chi connectivity index (χ4n) is 1.56. The normalized spacial score (nSPS) is 10.4. The van der Waals surface area contributed by atoms with Gasteiger partial charge in [0, 0.05) is 22.3 Å². The number of anilines is 1. The van der Waals surface area contributed by atoms with E-state index in [4.69, 9.17) is 17.3 Å². The predicted molar refractivity (Wildman–Crippen MR) is 63.8 cm³/mol. The second-order valence-corrected chi connectivity index (χ2v) is 3.96. The summed E-state index contributed by atoms with van der Waals surface area (Å²) in [6.45, 7) is 1.88. The smallest absolute Gasteiger partial charge is 0.123 e. The Morgan fingerprint density at radius 3 is 2.69 bits per heavy atom. The lowest BCUT2D eigenvalue weighted by Gasteiger charge is -2.08. The summed E-state index contributed by atoms with van der Waals surface area (Å²) >= 11 is 6.02. The molecule has 16 heavy (non-hydrogen) atoms. The zero-order valence-electron chi connectivity index (χ0n) is 8.67. The van der Waals surface area contributed by atoms with Gasteiger partial charge in [0.15, 0.2) is 0 Å². The van der Waals surface area contributed by atoms with Gasteiger partial charge in [-0.3, -0.25) is 0 Å². The molecule has 0 radical (unpaired) electrons. The molecule has 4 heteroatoms. The van der Waals surface area contributed by atoms with E-state index >= 15 is 0 Å². The highest BCUT2D eigenvalue weighted by Gasteiger charge is 2.08. The van der Waals surface area contributed by atoms with Gasteiger partial charge in [-0.2, -0.15) is 0 Å². The second-order valence-electron chi connectivity index (χ2n) is 3.55. The van der Waals surface area contributed by atoms with Crippen LogP contribution in [0.3, 0.4) is 0 Å². The number of hydrogen-bond donors (Lipinski definition) is 1. The molecule has 2 aromatic rings. The first-order valence-electron chi connectivity index (χ1n) is 4.75. The Labute approximate surface area is 97.9 Å². The summed E-state index contributed by atoms with van der Waals surface area (Å²) in [6, 6.07) is 5.98. The van der Waals surface area contributed by atoms with Crippen molar-refractivity contribution in [2.24, 2.45) is 0 Å². The average Bonchev–Trinajstić information content (AvgIpc) is 2.22. The molecule has 0 aliphatic rings. The van der Waals surface area contributed by atoms with Gasteiger partial charge in [0.25, 0.3) is 0 Å². The molecule has 0 spiro atoms. The first kappa shape index (κ1) is 10.9. The molecule has 0 aliphatic carbocycles. The first-order valence-corrected chi connectivity index (χ1v) is 5.13. The molecule has 0 saturated carbocycles. The van der Waals surface area contributed by atoms with Crippen molar-refractivity contribution in [2.75, 3.05) is 5.73 Å². The molecule has 0 bridgehead atoms. The van der Waals surface area contributed by atoms with Crippen molar-refractivity contribution in [1.29, 1.82) is 0 Å². The lowest BCUT2D eigenvalue weighted by molar-refractivity contribution is 0.628. The number of halogens is 2. The molecule has 0 saturated heterocycles. The number of nitrogens with zero attached hydrogens (tertiary/aromatic N) is 1. The Balaban J connectivity index is 2.62. The Kier molecular flexibility index (Phi) is 2.79. The van der Waals surface area contributed by atoms with Gasteiger partial charge in [-0.25, -0.2) is 9.37 Å². The molecule has 0 atom stereocenters. The fourth-order valence-corrected chi connectivity index (χ4v) is 1.78. The van der Waals surface area contributed by atoms with E-state index in [9.17, 15) is 4.39 Å². The van der Waals surface area contributed by atoms with Gasteiger partial charge in [0.05, 0.1) is 0 Å². The van der Waals surface area contributed by atoms with Crippen molar-refractivity contribution >= 4 is 17.4 Å². The predicted octanol–water partition coefficient (Wildman–Crippen LogP) is 3.43. The van der Waals surface area contributed by atoms with Gasteiger partial charge in [-0.05, 0) is 36.8 Å². The monoisotopic (exact) mass is 236 g/mol. The summed E-state index contributed by atoms with van der Waals surface area (Å²) in [5, 5.41) is 0.496. The van der Waals surface area contributed by atoms with Gasteiger partial charge in [-0.15, -0.1) is 0 Å². The molecule has 1 aromatic carbocycles. The van der Waals surface area contributed by atoms with E-state index in [-0.39, 0.29) is 5.82 Å². The van der Waals surface area contributed by atoms with Crippen molar-refractivity contribution in [3.05, 3.63) is 46.9 Å². The molecule has 2 nitrogen and oxygen atoms in total. The van der Waals surface area contributed by atoms with E-state index in [2.05, 4.69) is 4.98 Å². The quantitative estimate of drug-likeness (QED) is 0.824. The number of nitrogens with two attached hydrogens (primary N) is 1. The van der Waals surface area contributed by atoms with Crippen molar-refractivity contribution in [3.8, 4) is 11.1 Å². The number of aryl methyl sites for hydroxylation is 1. The van der Waals surface area contributed by atoms with Gasteiger partial charge in [0.2, 0.25) is 0 Å². The summed E-state index contributed by atoms with van der Waals surface area (Å²) in [5.41, 5.74) is 7.89. The van der Waals surface area contributed by atoms with Crippen LogP contribution < -0.4 is 5.73 Å². The standard InChI is InChI=1S/C12H10ClFN2/c1-7-4-12(15)16-6-10(7)9-5-8(14)2-3-11(9)13/h2-6H,1H3,(H2,15,16). The molecule has 0 fully saturated rings. The summed E-state index contributed by atoms with van der Waals surface area (Å²) < 4.78 is 13.1. The Hall–Kier alpha value is -1.61. The highest BCUT2D eigenvalue weighted by molar-refractivity contribution is 6.33. The first-order chi connectivity index (χ1) is 7.58. The number of benzene rings is 1. The lowest BCUT2D eigenvalue weighted by atomic mass is 10.0. The van der Waals surface area contributed by atoms with Crippen molar-refractivity contribution in [1.82, 2.24) is 4.98 Å². The number of aromatic nitrogens is 1. The molecular formula is C12H10ClFN2. The molecule has 0 unspecified atom stereocenters. The minimum Gasteiger partial charge on any atom is -0.384 e. The van der Waals surface area contributed by atoms with Crippen molar-refractivity contribution in [2.45, 2.75) is 6.92 Å². The Bertz CT molecular complexity index is 541. The number of hydrogen-bond acceptors (Lipinski definition) is 2. The molecule has 1 heterocycles. The van der Waals surface area contributed by atoms with Crippen LogP contribution >= 0.6 is 11.6 Å². The van der Waals surface area contributed by atoms with Crippen LogP contribution in [0.15, 0.2) is 30.5 Å². The molecular weight excluding hydrogens is 227 g/mol. The SMILES string of the molecule is Cc1cc(N)ncc1-c1cc(F)ccc1Cl. The molecule has 0 amide bonds. The van der Waals surface area contributed by atoms with Gasteiger partial charge in [0.1, 0.15) is 11.6 Å². The third-order valence-electron chi connectivity index (χ3n) is 2.35. The highest BCUT2D eigenvalue weighted by atomic mass is 35.5. The summed E-state index contributed by atoms with van der Waals surface area (Å²) in [4.78, 5) is 3.98. The van der Waals surface area contributed by atoms with E-state index in [0.29, 0.717) is 16.4 Å². The summed E-state index contributed by atoms with van der Waals surface area (Å²) in [5.74, 6) is 0.115. The Morgan fingerprint density at radius 2 is 2.00 bits per heavy atom. The van der Waals surface area contributed by atoms with Gasteiger partial charge >= 0.3 is 0 Å². The van der Waals surface area contributed by atoms with Crippen LogP contribution in [0.4, 0.5) is 10.2 Å². The maximum atomic E-state index is 13.1. The van der Waals surface area contributed by atoms with E-state index in [1.54, 1.807) is 12.3 Å². The van der Waals surface area contributed by atoms with Crippen LogP contribution in [0.25, 0.3) is 11.1 Å². The van der Waals surface area contributed by atoms with Crippen molar-refractivity contribution in [3.63, 3.8) is 0 Å². The van der Waals surface area contributed by atoms with Crippen LogP contribution in [0.1, 0.15) is 5.56 Å². The van der Waals surface area contributed by atoms with E-state index in [1.165, 1.54) is 18.2 Å². The lowest BCUT2D eigenvalue weighted by Crippen LogP contribution is -1.93. The van der Waals surface area contributed by atoms with Crippen LogP contribution in [-0.2, 0) is 0 Å². The number of nitrogen functional groups attached to an aromatic ring is 1. The third kappa shape index (κ3) is 1.99. The van der Waals surface area contributed by atoms with E-state index in [1.807, 2.05) is 6.92 Å². The zero-order valence-corrected chi connectivity index (χ0v) is 9.42. The molecule has 1 aromatic heterocycles. The number of rotatable bonds is 1. The molecule has 2 N–H and O–H groups in total. The number of pyridine rings is 1. The van der Waals surface area contributed by atoms with Gasteiger partial charge < -0.3 is 5.73 Å². The van der Waals surface area contributed by atoms with Gasteiger partial charge in [-0.1, -0.05) is 11.6 Å². The third-order valence-corrected chi connectivity index (χ3v) is 2.68. The van der Waals surface area contributed by atoms with Crippen LogP contribution in [-0.4, -0.2) is 4.98 Å². The Morgan fingerprint density at radius 1 is 1.25 bits per heavy atom. The highest BCUT2D eigenvalue weighted by Crippen LogP contribution is 2.30. The minimum absolute atomic E-state index is 0.323. The maximum Gasteiger partial charge on any atom is 0.123 e. The maximum absolute atomic E-state index is 13.1. The molecule has 2 rings (SSSR count). The summed E-state index contributed by atoms with van der Waals surface area (Å²) in [6.07, 6.45) is 1.60. The molecule has 0 aliphatic heterocycles. The van der Waals surface area contributed by atoms with Crippen LogP contribution in [0, 0.1) is 12.7 Å². The van der Waals surface area contributed by atoms with E-state index in [0.717, 1.165) is 11.1 Å². The van der Waals surface area contributed by atoms with Crippen LogP contribution in [0.5, 0.6) is 0 Å². The second kappa shape index (κ2) is 4.10. The minimum atomic E-state index is -0.323. The average molecular weight is 237 g/mol. The molecule has 82 valence electrons. The zero-order chi connectivity index (χ0) is 11.7. The topological polar surface area (TPSA) is 38.9 Å². The summed E-state index contributed by atoms with van der Waals surface area (Å²) in [7, 11) is 0. The van der Waals surface area contributed by atoms with Crippen molar-refractivity contribution < 1.29 is 4.39 Å². The largest absolute Gasteiger partial charge is 0.384 e. The van der Waals surface area contributed by atoms with Crippen LogP contribution in [0.2, 0.25) is 5.02 Å².